The maximum atomic E-state index is 11.8. The molecule has 7 heteroatoms. The first-order chi connectivity index (χ1) is 11.1. The van der Waals surface area contributed by atoms with Gasteiger partial charge in [0.25, 0.3) is 5.56 Å². The molecule has 0 saturated carbocycles. The molecule has 1 heterocycles. The van der Waals surface area contributed by atoms with Crippen LogP contribution in [0, 0.1) is 0 Å². The quantitative estimate of drug-likeness (QED) is 0.697. The first-order valence-electron chi connectivity index (χ1n) is 7.44. The van der Waals surface area contributed by atoms with Crippen molar-refractivity contribution in [1.29, 1.82) is 0 Å². The standard InChI is InChI=1S/C16H19N3O4/c20-13-7-5-12(6-8-13)4-2-1-3-10-17-15(22)19-11-9-14(21)18-16(19)23/h5-9,11,20H,1-4,10H2,(H,17,22)(H,18,21,23). The summed E-state index contributed by atoms with van der Waals surface area (Å²) in [7, 11) is 0. The minimum Gasteiger partial charge on any atom is -0.508 e. The van der Waals surface area contributed by atoms with Crippen molar-refractivity contribution in [3.8, 4) is 5.75 Å². The second kappa shape index (κ2) is 7.98. The van der Waals surface area contributed by atoms with E-state index in [0.29, 0.717) is 6.54 Å². The summed E-state index contributed by atoms with van der Waals surface area (Å²) < 4.78 is 0.831. The van der Waals surface area contributed by atoms with Gasteiger partial charge in [-0.15, -0.1) is 0 Å². The van der Waals surface area contributed by atoms with Gasteiger partial charge in [0, 0.05) is 18.8 Å². The summed E-state index contributed by atoms with van der Waals surface area (Å²) in [5.74, 6) is 0.258. The van der Waals surface area contributed by atoms with Crippen LogP contribution in [-0.4, -0.2) is 27.2 Å². The minimum atomic E-state index is -0.748. The monoisotopic (exact) mass is 317 g/mol. The second-order valence-corrected chi connectivity index (χ2v) is 5.19. The van der Waals surface area contributed by atoms with E-state index in [2.05, 4.69) is 5.32 Å². The number of benzene rings is 1. The van der Waals surface area contributed by atoms with E-state index in [1.54, 1.807) is 12.1 Å². The lowest BCUT2D eigenvalue weighted by atomic mass is 10.1. The second-order valence-electron chi connectivity index (χ2n) is 5.19. The Balaban J connectivity index is 1.67. The van der Waals surface area contributed by atoms with Gasteiger partial charge in [0.2, 0.25) is 0 Å². The molecule has 7 nitrogen and oxygen atoms in total. The molecule has 0 aliphatic heterocycles. The third-order valence-corrected chi connectivity index (χ3v) is 3.40. The third-order valence-electron chi connectivity index (χ3n) is 3.40. The number of nitrogens with zero attached hydrogens (tertiary/aromatic N) is 1. The predicted molar refractivity (Wildman–Crippen MR) is 85.8 cm³/mol. The van der Waals surface area contributed by atoms with Crippen molar-refractivity contribution in [2.75, 3.05) is 6.54 Å². The Kier molecular flexibility index (Phi) is 5.74. The zero-order valence-electron chi connectivity index (χ0n) is 12.6. The first kappa shape index (κ1) is 16.5. The average molecular weight is 317 g/mol. The van der Waals surface area contributed by atoms with Crippen molar-refractivity contribution in [1.82, 2.24) is 14.9 Å². The number of amides is 1. The van der Waals surface area contributed by atoms with Crippen LogP contribution in [0.2, 0.25) is 0 Å². The van der Waals surface area contributed by atoms with Crippen LogP contribution < -0.4 is 16.6 Å². The SMILES string of the molecule is O=C(NCCCCCc1ccc(O)cc1)n1ccc(=O)[nH]c1=O. The molecule has 1 aromatic carbocycles. The summed E-state index contributed by atoms with van der Waals surface area (Å²) in [6.07, 6.45) is 4.76. The fourth-order valence-electron chi connectivity index (χ4n) is 2.15. The number of hydrogen-bond donors (Lipinski definition) is 3. The zero-order chi connectivity index (χ0) is 16.7. The molecule has 122 valence electrons. The number of aromatic hydroxyl groups is 1. The van der Waals surface area contributed by atoms with Crippen LogP contribution in [0.4, 0.5) is 4.79 Å². The Hall–Kier alpha value is -2.83. The summed E-state index contributed by atoms with van der Waals surface area (Å²) in [5, 5.41) is 11.8. The van der Waals surface area contributed by atoms with Crippen LogP contribution in [0.3, 0.4) is 0 Å². The van der Waals surface area contributed by atoms with E-state index in [4.69, 9.17) is 0 Å². The molecule has 0 fully saturated rings. The number of carbonyl (C=O) groups is 1. The van der Waals surface area contributed by atoms with E-state index in [9.17, 15) is 19.5 Å². The van der Waals surface area contributed by atoms with Crippen LogP contribution in [-0.2, 0) is 6.42 Å². The van der Waals surface area contributed by atoms with Crippen LogP contribution in [0.15, 0.2) is 46.1 Å². The van der Waals surface area contributed by atoms with Gasteiger partial charge >= 0.3 is 11.7 Å². The summed E-state index contributed by atoms with van der Waals surface area (Å²) in [4.78, 5) is 36.1. The number of phenols is 1. The molecule has 3 N–H and O–H groups in total. The molecule has 0 unspecified atom stereocenters. The largest absolute Gasteiger partial charge is 0.508 e. The highest BCUT2D eigenvalue weighted by molar-refractivity contribution is 5.76. The molecule has 0 aliphatic rings. The molecule has 0 radical (unpaired) electrons. The number of aromatic nitrogens is 2. The summed E-state index contributed by atoms with van der Waals surface area (Å²) in [5.41, 5.74) is -0.123. The van der Waals surface area contributed by atoms with Crippen molar-refractivity contribution in [3.05, 3.63) is 62.9 Å². The van der Waals surface area contributed by atoms with E-state index >= 15 is 0 Å². The normalized spacial score (nSPS) is 10.4. The third kappa shape index (κ3) is 5.14. The summed E-state index contributed by atoms with van der Waals surface area (Å²) in [6.45, 7) is 0.458. The van der Waals surface area contributed by atoms with Crippen molar-refractivity contribution in [2.45, 2.75) is 25.7 Å². The van der Waals surface area contributed by atoms with Gasteiger partial charge in [-0.3, -0.25) is 9.78 Å². The van der Waals surface area contributed by atoms with Gasteiger partial charge in [-0.2, -0.15) is 0 Å². The van der Waals surface area contributed by atoms with E-state index in [-0.39, 0.29) is 5.75 Å². The molecule has 0 bridgehead atoms. The molecule has 1 aromatic heterocycles. The maximum absolute atomic E-state index is 11.8. The van der Waals surface area contributed by atoms with Gasteiger partial charge in [0.15, 0.2) is 0 Å². The Morgan fingerprint density at radius 3 is 2.52 bits per heavy atom. The van der Waals surface area contributed by atoms with Gasteiger partial charge in [-0.1, -0.05) is 18.6 Å². The topological polar surface area (TPSA) is 104 Å². The lowest BCUT2D eigenvalue weighted by molar-refractivity contribution is 0.241. The minimum absolute atomic E-state index is 0.258. The Morgan fingerprint density at radius 1 is 1.09 bits per heavy atom. The fraction of sp³-hybridized carbons (Fsp3) is 0.312. The number of rotatable bonds is 6. The highest BCUT2D eigenvalue weighted by Gasteiger charge is 2.05. The number of carbonyl (C=O) groups excluding carboxylic acids is 1. The number of phenolic OH excluding ortho intramolecular Hbond substituents is 1. The number of H-pyrrole nitrogens is 1. The summed E-state index contributed by atoms with van der Waals surface area (Å²) >= 11 is 0. The van der Waals surface area contributed by atoms with Gasteiger partial charge < -0.3 is 10.4 Å². The van der Waals surface area contributed by atoms with Crippen molar-refractivity contribution < 1.29 is 9.90 Å². The molecule has 23 heavy (non-hydrogen) atoms. The predicted octanol–water partition coefficient (Wildman–Crippen LogP) is 1.21. The number of hydrogen-bond acceptors (Lipinski definition) is 4. The van der Waals surface area contributed by atoms with Crippen molar-refractivity contribution in [2.24, 2.45) is 0 Å². The average Bonchev–Trinajstić information content (AvgIpc) is 2.52. The fourth-order valence-corrected chi connectivity index (χ4v) is 2.15. The lowest BCUT2D eigenvalue weighted by Crippen LogP contribution is -2.39. The van der Waals surface area contributed by atoms with Crippen LogP contribution >= 0.6 is 0 Å². The summed E-state index contributed by atoms with van der Waals surface area (Å²) in [6, 6.07) is 7.68. The maximum Gasteiger partial charge on any atom is 0.336 e. The number of aryl methyl sites for hydroxylation is 1. The van der Waals surface area contributed by atoms with Gasteiger partial charge in [-0.05, 0) is 37.0 Å². The highest BCUT2D eigenvalue weighted by atomic mass is 16.3. The molecule has 0 atom stereocenters. The molecule has 0 spiro atoms. The molecule has 2 rings (SSSR count). The van der Waals surface area contributed by atoms with Gasteiger partial charge in [0.1, 0.15) is 5.75 Å². The highest BCUT2D eigenvalue weighted by Crippen LogP contribution is 2.12. The number of nitrogens with one attached hydrogen (secondary N) is 2. The van der Waals surface area contributed by atoms with Crippen LogP contribution in [0.5, 0.6) is 5.75 Å². The van der Waals surface area contributed by atoms with Crippen LogP contribution in [0.25, 0.3) is 0 Å². The Labute approximate surface area is 132 Å². The van der Waals surface area contributed by atoms with E-state index < -0.39 is 17.3 Å². The number of unbranched alkanes of at least 4 members (excludes halogenated alkanes) is 2. The van der Waals surface area contributed by atoms with E-state index in [1.807, 2.05) is 17.1 Å². The molecule has 1 amide bonds. The van der Waals surface area contributed by atoms with Crippen molar-refractivity contribution in [3.63, 3.8) is 0 Å². The Morgan fingerprint density at radius 2 is 1.83 bits per heavy atom. The van der Waals surface area contributed by atoms with Crippen LogP contribution in [0.1, 0.15) is 24.8 Å². The van der Waals surface area contributed by atoms with Crippen molar-refractivity contribution >= 4 is 6.03 Å². The van der Waals surface area contributed by atoms with E-state index in [1.165, 1.54) is 0 Å². The zero-order valence-corrected chi connectivity index (χ0v) is 12.6. The number of aromatic amines is 1. The smallest absolute Gasteiger partial charge is 0.336 e. The molecule has 0 aliphatic carbocycles. The Bertz CT molecular complexity index is 762. The molecule has 0 saturated heterocycles. The molecule has 2 aromatic rings. The lowest BCUT2D eigenvalue weighted by Gasteiger charge is -2.06. The van der Waals surface area contributed by atoms with E-state index in [0.717, 1.165) is 48.1 Å². The van der Waals surface area contributed by atoms with Gasteiger partial charge in [0.05, 0.1) is 0 Å². The molecular weight excluding hydrogens is 298 g/mol. The van der Waals surface area contributed by atoms with Gasteiger partial charge in [-0.25, -0.2) is 14.2 Å². The first-order valence-corrected chi connectivity index (χ1v) is 7.44. The molecular formula is C16H19N3O4.